The second-order valence-electron chi connectivity index (χ2n) is 4.15. The summed E-state index contributed by atoms with van der Waals surface area (Å²) in [4.78, 5) is 29.0. The lowest BCUT2D eigenvalue weighted by atomic mass is 10.1. The smallest absolute Gasteiger partial charge is 0.277 e. The van der Waals surface area contributed by atoms with Crippen LogP contribution in [0.4, 0.5) is 0 Å². The van der Waals surface area contributed by atoms with Crippen LogP contribution in [0.2, 0.25) is 5.02 Å². The zero-order valence-electron chi connectivity index (χ0n) is 9.52. The zero-order valence-corrected chi connectivity index (χ0v) is 10.3. The van der Waals surface area contributed by atoms with Crippen molar-refractivity contribution in [2.24, 2.45) is 5.92 Å². The van der Waals surface area contributed by atoms with Crippen molar-refractivity contribution < 1.29 is 9.59 Å². The molecule has 1 aliphatic heterocycles. The van der Waals surface area contributed by atoms with Crippen LogP contribution in [-0.2, 0) is 4.79 Å². The van der Waals surface area contributed by atoms with E-state index in [0.717, 1.165) is 6.42 Å². The number of nitrogens with zero attached hydrogens (tertiary/aromatic N) is 2. The van der Waals surface area contributed by atoms with E-state index in [1.807, 2.05) is 6.92 Å². The maximum absolute atomic E-state index is 12.1. The Morgan fingerprint density at radius 2 is 2.41 bits per heavy atom. The van der Waals surface area contributed by atoms with Gasteiger partial charge in [0.15, 0.2) is 0 Å². The van der Waals surface area contributed by atoms with Gasteiger partial charge in [-0.3, -0.25) is 19.5 Å². The molecule has 1 atom stereocenters. The summed E-state index contributed by atoms with van der Waals surface area (Å²) >= 11 is 5.79. The molecule has 2 rings (SSSR count). The maximum atomic E-state index is 12.1. The van der Waals surface area contributed by atoms with Gasteiger partial charge in [0, 0.05) is 24.2 Å². The third-order valence-corrected chi connectivity index (χ3v) is 3.20. The van der Waals surface area contributed by atoms with Crippen molar-refractivity contribution >= 4 is 23.4 Å². The Bertz CT molecular complexity index is 462. The molecule has 1 saturated heterocycles. The summed E-state index contributed by atoms with van der Waals surface area (Å²) < 4.78 is 0. The van der Waals surface area contributed by atoms with Crippen LogP contribution in [0, 0.1) is 5.92 Å². The fraction of sp³-hybridized carbons (Fsp3) is 0.417. The van der Waals surface area contributed by atoms with Gasteiger partial charge in [0.25, 0.3) is 5.91 Å². The van der Waals surface area contributed by atoms with Gasteiger partial charge in [-0.05, 0) is 18.1 Å². The van der Waals surface area contributed by atoms with Crippen LogP contribution < -0.4 is 0 Å². The van der Waals surface area contributed by atoms with E-state index in [2.05, 4.69) is 4.98 Å². The monoisotopic (exact) mass is 252 g/mol. The molecule has 1 aliphatic rings. The van der Waals surface area contributed by atoms with E-state index in [0.29, 0.717) is 18.0 Å². The van der Waals surface area contributed by atoms with E-state index >= 15 is 0 Å². The van der Waals surface area contributed by atoms with Gasteiger partial charge in [0.2, 0.25) is 5.91 Å². The summed E-state index contributed by atoms with van der Waals surface area (Å²) in [5.41, 5.74) is 0.225. The first-order valence-corrected chi connectivity index (χ1v) is 5.96. The molecule has 17 heavy (non-hydrogen) atoms. The molecule has 0 saturated carbocycles. The lowest BCUT2D eigenvalue weighted by Gasteiger charge is -2.13. The third kappa shape index (κ3) is 2.47. The maximum Gasteiger partial charge on any atom is 0.279 e. The Labute approximate surface area is 105 Å². The van der Waals surface area contributed by atoms with Gasteiger partial charge in [0.05, 0.1) is 0 Å². The molecule has 0 aromatic carbocycles. The Balaban J connectivity index is 2.18. The largest absolute Gasteiger partial charge is 0.279 e. The number of hydrogen-bond acceptors (Lipinski definition) is 3. The van der Waals surface area contributed by atoms with Gasteiger partial charge in [-0.1, -0.05) is 24.9 Å². The minimum Gasteiger partial charge on any atom is -0.277 e. The molecule has 5 heteroatoms. The average molecular weight is 253 g/mol. The van der Waals surface area contributed by atoms with Crippen LogP contribution in [0.25, 0.3) is 0 Å². The topological polar surface area (TPSA) is 50.3 Å². The van der Waals surface area contributed by atoms with Crippen molar-refractivity contribution in [1.82, 2.24) is 9.88 Å². The number of likely N-dealkylation sites (tertiary alicyclic amines) is 1. The SMILES string of the molecule is CCC1CC(=O)N(C(=O)c2cc(Cl)ccn2)C1. The highest BCUT2D eigenvalue weighted by Crippen LogP contribution is 2.22. The number of carbonyl (C=O) groups excluding carboxylic acids is 2. The van der Waals surface area contributed by atoms with Crippen molar-refractivity contribution in [3.63, 3.8) is 0 Å². The first kappa shape index (κ1) is 12.0. The molecule has 2 amide bonds. The lowest BCUT2D eigenvalue weighted by molar-refractivity contribution is -0.125. The van der Waals surface area contributed by atoms with E-state index in [9.17, 15) is 9.59 Å². The number of rotatable bonds is 2. The molecule has 0 N–H and O–H groups in total. The first-order chi connectivity index (χ1) is 8.11. The summed E-state index contributed by atoms with van der Waals surface area (Å²) in [7, 11) is 0. The highest BCUT2D eigenvalue weighted by Gasteiger charge is 2.33. The average Bonchev–Trinajstić information content (AvgIpc) is 2.69. The molecule has 0 bridgehead atoms. The fourth-order valence-electron chi connectivity index (χ4n) is 1.91. The predicted molar refractivity (Wildman–Crippen MR) is 63.7 cm³/mol. The van der Waals surface area contributed by atoms with Crippen molar-refractivity contribution in [3.8, 4) is 0 Å². The van der Waals surface area contributed by atoms with Crippen LogP contribution in [0.15, 0.2) is 18.3 Å². The minimum atomic E-state index is -0.353. The predicted octanol–water partition coefficient (Wildman–Crippen LogP) is 2.13. The standard InChI is InChI=1S/C12H13ClN2O2/c1-2-8-5-11(16)15(7-8)12(17)10-6-9(13)3-4-14-10/h3-4,6,8H,2,5,7H2,1H3. The van der Waals surface area contributed by atoms with E-state index in [4.69, 9.17) is 11.6 Å². The number of halogens is 1. The van der Waals surface area contributed by atoms with Crippen molar-refractivity contribution in [2.45, 2.75) is 19.8 Å². The van der Waals surface area contributed by atoms with Gasteiger partial charge in [-0.25, -0.2) is 0 Å². The summed E-state index contributed by atoms with van der Waals surface area (Å²) in [6.07, 6.45) is 2.81. The van der Waals surface area contributed by atoms with Gasteiger partial charge >= 0.3 is 0 Å². The molecule has 1 fully saturated rings. The number of aromatic nitrogens is 1. The lowest BCUT2D eigenvalue weighted by Crippen LogP contribution is -2.32. The Morgan fingerprint density at radius 3 is 3.00 bits per heavy atom. The molecule has 2 heterocycles. The van der Waals surface area contributed by atoms with E-state index in [1.165, 1.54) is 17.2 Å². The molecule has 4 nitrogen and oxygen atoms in total. The first-order valence-electron chi connectivity index (χ1n) is 5.58. The van der Waals surface area contributed by atoms with E-state index in [1.54, 1.807) is 6.07 Å². The fourth-order valence-corrected chi connectivity index (χ4v) is 2.07. The minimum absolute atomic E-state index is 0.122. The Morgan fingerprint density at radius 1 is 1.65 bits per heavy atom. The highest BCUT2D eigenvalue weighted by molar-refractivity contribution is 6.30. The van der Waals surface area contributed by atoms with Gasteiger partial charge in [0.1, 0.15) is 5.69 Å². The van der Waals surface area contributed by atoms with Crippen molar-refractivity contribution in [2.75, 3.05) is 6.54 Å². The van der Waals surface area contributed by atoms with Crippen LogP contribution in [-0.4, -0.2) is 28.2 Å². The molecule has 1 aromatic heterocycles. The Hall–Kier alpha value is -1.42. The number of hydrogen-bond donors (Lipinski definition) is 0. The summed E-state index contributed by atoms with van der Waals surface area (Å²) in [6.45, 7) is 2.51. The Kier molecular flexibility index (Phi) is 3.43. The molecule has 0 radical (unpaired) electrons. The van der Waals surface area contributed by atoms with Crippen LogP contribution >= 0.6 is 11.6 Å². The van der Waals surface area contributed by atoms with Crippen molar-refractivity contribution in [3.05, 3.63) is 29.0 Å². The molecule has 1 aromatic rings. The number of amides is 2. The molecule has 0 aliphatic carbocycles. The number of carbonyl (C=O) groups is 2. The molecular weight excluding hydrogens is 240 g/mol. The number of imide groups is 1. The van der Waals surface area contributed by atoms with Crippen molar-refractivity contribution in [1.29, 1.82) is 0 Å². The van der Waals surface area contributed by atoms with Gasteiger partial charge in [-0.2, -0.15) is 0 Å². The molecule has 1 unspecified atom stereocenters. The van der Waals surface area contributed by atoms with Gasteiger partial charge in [-0.15, -0.1) is 0 Å². The quantitative estimate of drug-likeness (QED) is 0.758. The van der Waals surface area contributed by atoms with Crippen LogP contribution in [0.1, 0.15) is 30.3 Å². The van der Waals surface area contributed by atoms with Gasteiger partial charge < -0.3 is 0 Å². The zero-order chi connectivity index (χ0) is 12.4. The van der Waals surface area contributed by atoms with E-state index < -0.39 is 0 Å². The van der Waals surface area contributed by atoms with Crippen LogP contribution in [0.3, 0.4) is 0 Å². The van der Waals surface area contributed by atoms with Crippen LogP contribution in [0.5, 0.6) is 0 Å². The molecular formula is C12H13ClN2O2. The summed E-state index contributed by atoms with van der Waals surface area (Å²) in [6, 6.07) is 3.08. The summed E-state index contributed by atoms with van der Waals surface area (Å²) in [5.74, 6) is -0.206. The highest BCUT2D eigenvalue weighted by atomic mass is 35.5. The normalized spacial score (nSPS) is 19.8. The number of pyridine rings is 1. The second-order valence-corrected chi connectivity index (χ2v) is 4.58. The third-order valence-electron chi connectivity index (χ3n) is 2.97. The second kappa shape index (κ2) is 4.84. The summed E-state index contributed by atoms with van der Waals surface area (Å²) in [5, 5.41) is 0.446. The van der Waals surface area contributed by atoms with E-state index in [-0.39, 0.29) is 23.4 Å². The molecule has 0 spiro atoms. The molecule has 90 valence electrons.